The van der Waals surface area contributed by atoms with Gasteiger partial charge in [0.2, 0.25) is 5.91 Å². The summed E-state index contributed by atoms with van der Waals surface area (Å²) in [5, 5.41) is 6.50. The first-order valence-electron chi connectivity index (χ1n) is 9.67. The van der Waals surface area contributed by atoms with Crippen LogP contribution < -0.4 is 15.4 Å². The van der Waals surface area contributed by atoms with Gasteiger partial charge in [-0.1, -0.05) is 41.4 Å². The lowest BCUT2D eigenvalue weighted by molar-refractivity contribution is -0.121. The Labute approximate surface area is 190 Å². The van der Waals surface area contributed by atoms with E-state index in [1.165, 1.54) is 0 Å². The lowest BCUT2D eigenvalue weighted by Gasteiger charge is -2.10. The van der Waals surface area contributed by atoms with Crippen molar-refractivity contribution in [2.75, 3.05) is 11.9 Å². The van der Waals surface area contributed by atoms with Gasteiger partial charge in [0.15, 0.2) is 0 Å². The summed E-state index contributed by atoms with van der Waals surface area (Å²) in [7, 11) is 0. The van der Waals surface area contributed by atoms with Crippen LogP contribution in [0.5, 0.6) is 5.75 Å². The molecule has 2 N–H and O–H groups in total. The molecule has 0 bridgehead atoms. The second kappa shape index (κ2) is 11.3. The van der Waals surface area contributed by atoms with E-state index in [1.54, 1.807) is 48.8 Å². The molecule has 3 rings (SSSR count). The molecule has 8 heteroatoms. The average molecular weight is 458 g/mol. The molecule has 0 radical (unpaired) electrons. The third-order valence-corrected chi connectivity index (χ3v) is 5.14. The highest BCUT2D eigenvalue weighted by Gasteiger charge is 2.08. The number of pyridine rings is 1. The Hall–Kier alpha value is -3.09. The number of hydrogen-bond acceptors (Lipinski definition) is 4. The number of aromatic nitrogens is 1. The summed E-state index contributed by atoms with van der Waals surface area (Å²) in [6, 6.07) is 15.8. The fraction of sp³-hybridized carbons (Fsp3) is 0.174. The molecule has 2 amide bonds. The van der Waals surface area contributed by atoms with Crippen molar-refractivity contribution >= 4 is 40.7 Å². The molecule has 0 atom stereocenters. The number of nitrogens with zero attached hydrogens (tertiary/aromatic N) is 1. The summed E-state index contributed by atoms with van der Waals surface area (Å²) in [6.45, 7) is 0.711. The second-order valence-electron chi connectivity index (χ2n) is 6.67. The molecule has 0 aliphatic carbocycles. The minimum absolute atomic E-state index is 0.0907. The maximum absolute atomic E-state index is 12.2. The standard InChI is InChI=1S/C23H21Cl2N3O3/c24-19-6-2-7-20(22(19)25)31-13-3-8-21(29)27-15-16-4-1-5-18(14-16)28-23(30)17-9-11-26-12-10-17/h1-2,4-7,9-12,14H,3,8,13,15H2,(H,27,29)(H,28,30). The first kappa shape index (κ1) is 22.6. The van der Waals surface area contributed by atoms with Gasteiger partial charge < -0.3 is 15.4 Å². The Bertz CT molecular complexity index is 1050. The number of ether oxygens (including phenoxy) is 1. The molecule has 31 heavy (non-hydrogen) atoms. The van der Waals surface area contributed by atoms with Crippen molar-refractivity contribution in [3.05, 3.63) is 88.2 Å². The van der Waals surface area contributed by atoms with Crippen molar-refractivity contribution in [1.29, 1.82) is 0 Å². The first-order chi connectivity index (χ1) is 15.0. The second-order valence-corrected chi connectivity index (χ2v) is 7.46. The lowest BCUT2D eigenvalue weighted by atomic mass is 10.2. The fourth-order valence-corrected chi connectivity index (χ4v) is 3.11. The van der Waals surface area contributed by atoms with Crippen LogP contribution in [-0.2, 0) is 11.3 Å². The van der Waals surface area contributed by atoms with Gasteiger partial charge in [-0.05, 0) is 48.4 Å². The van der Waals surface area contributed by atoms with Gasteiger partial charge in [-0.25, -0.2) is 0 Å². The maximum Gasteiger partial charge on any atom is 0.255 e. The van der Waals surface area contributed by atoms with E-state index in [0.717, 1.165) is 5.56 Å². The Morgan fingerprint density at radius 1 is 1.00 bits per heavy atom. The van der Waals surface area contributed by atoms with Crippen molar-refractivity contribution in [3.8, 4) is 5.75 Å². The van der Waals surface area contributed by atoms with Crippen LogP contribution in [0.4, 0.5) is 5.69 Å². The fourth-order valence-electron chi connectivity index (χ4n) is 2.76. The molecule has 0 spiro atoms. The van der Waals surface area contributed by atoms with Gasteiger partial charge in [-0.2, -0.15) is 0 Å². The summed E-state index contributed by atoms with van der Waals surface area (Å²) in [4.78, 5) is 28.3. The van der Waals surface area contributed by atoms with Crippen LogP contribution in [0.3, 0.4) is 0 Å². The smallest absolute Gasteiger partial charge is 0.255 e. The van der Waals surface area contributed by atoms with Crippen LogP contribution in [-0.4, -0.2) is 23.4 Å². The molecule has 0 aliphatic heterocycles. The summed E-state index contributed by atoms with van der Waals surface area (Å²) in [5.41, 5.74) is 2.05. The number of halogens is 2. The third-order valence-electron chi connectivity index (χ3n) is 4.34. The molecule has 0 saturated heterocycles. The van der Waals surface area contributed by atoms with Crippen LogP contribution in [0, 0.1) is 0 Å². The van der Waals surface area contributed by atoms with Gasteiger partial charge in [0, 0.05) is 36.6 Å². The molecule has 6 nitrogen and oxygen atoms in total. The Morgan fingerprint density at radius 2 is 1.77 bits per heavy atom. The first-order valence-corrected chi connectivity index (χ1v) is 10.4. The quantitative estimate of drug-likeness (QED) is 0.437. The zero-order chi connectivity index (χ0) is 22.1. The maximum atomic E-state index is 12.2. The summed E-state index contributed by atoms with van der Waals surface area (Å²) >= 11 is 12.0. The molecule has 0 aliphatic rings. The Morgan fingerprint density at radius 3 is 2.58 bits per heavy atom. The number of anilines is 1. The SMILES string of the molecule is O=C(CCCOc1cccc(Cl)c1Cl)NCc1cccc(NC(=O)c2ccncc2)c1. The van der Waals surface area contributed by atoms with E-state index in [9.17, 15) is 9.59 Å². The predicted octanol–water partition coefficient (Wildman–Crippen LogP) is 5.12. The number of nitrogens with one attached hydrogen (secondary N) is 2. The van der Waals surface area contributed by atoms with Crippen molar-refractivity contribution in [2.24, 2.45) is 0 Å². The normalized spacial score (nSPS) is 10.4. The van der Waals surface area contributed by atoms with Crippen LogP contribution in [0.1, 0.15) is 28.8 Å². The number of carbonyl (C=O) groups excluding carboxylic acids is 2. The van der Waals surface area contributed by atoms with Crippen LogP contribution in [0.25, 0.3) is 0 Å². The van der Waals surface area contributed by atoms with E-state index >= 15 is 0 Å². The van der Waals surface area contributed by atoms with E-state index < -0.39 is 0 Å². The summed E-state index contributed by atoms with van der Waals surface area (Å²) in [5.74, 6) is 0.190. The van der Waals surface area contributed by atoms with Gasteiger partial charge in [0.25, 0.3) is 5.91 Å². The van der Waals surface area contributed by atoms with E-state index in [0.29, 0.717) is 53.0 Å². The molecule has 3 aromatic rings. The molecule has 160 valence electrons. The van der Waals surface area contributed by atoms with E-state index in [4.69, 9.17) is 27.9 Å². The number of rotatable bonds is 9. The van der Waals surface area contributed by atoms with Gasteiger partial charge >= 0.3 is 0 Å². The highest BCUT2D eigenvalue weighted by atomic mass is 35.5. The monoisotopic (exact) mass is 457 g/mol. The van der Waals surface area contributed by atoms with Gasteiger partial charge in [0.1, 0.15) is 10.8 Å². The molecule has 2 aromatic carbocycles. The van der Waals surface area contributed by atoms with Crippen LogP contribution >= 0.6 is 23.2 Å². The zero-order valence-corrected chi connectivity index (χ0v) is 18.1. The summed E-state index contributed by atoms with van der Waals surface area (Å²) < 4.78 is 5.58. The molecular weight excluding hydrogens is 437 g/mol. The lowest BCUT2D eigenvalue weighted by Crippen LogP contribution is -2.23. The molecular formula is C23H21Cl2N3O3. The topological polar surface area (TPSA) is 80.3 Å². The number of hydrogen-bond donors (Lipinski definition) is 2. The highest BCUT2D eigenvalue weighted by molar-refractivity contribution is 6.42. The predicted molar refractivity (Wildman–Crippen MR) is 122 cm³/mol. The van der Waals surface area contributed by atoms with Crippen LogP contribution in [0.15, 0.2) is 67.0 Å². The van der Waals surface area contributed by atoms with Crippen molar-refractivity contribution < 1.29 is 14.3 Å². The summed E-state index contributed by atoms with van der Waals surface area (Å²) in [6.07, 6.45) is 3.98. The number of benzene rings is 2. The van der Waals surface area contributed by atoms with Gasteiger partial charge in [0.05, 0.1) is 11.6 Å². The largest absolute Gasteiger partial charge is 0.492 e. The van der Waals surface area contributed by atoms with Gasteiger partial charge in [-0.15, -0.1) is 0 Å². The van der Waals surface area contributed by atoms with E-state index in [2.05, 4.69) is 15.6 Å². The number of amides is 2. The molecule has 1 heterocycles. The Balaban J connectivity index is 1.41. The van der Waals surface area contributed by atoms with Crippen molar-refractivity contribution in [1.82, 2.24) is 10.3 Å². The minimum atomic E-state index is -0.219. The van der Waals surface area contributed by atoms with Crippen molar-refractivity contribution in [3.63, 3.8) is 0 Å². The van der Waals surface area contributed by atoms with Crippen LogP contribution in [0.2, 0.25) is 10.0 Å². The van der Waals surface area contributed by atoms with E-state index in [1.807, 2.05) is 18.2 Å². The van der Waals surface area contributed by atoms with E-state index in [-0.39, 0.29) is 11.8 Å². The molecule has 0 saturated carbocycles. The molecule has 1 aromatic heterocycles. The minimum Gasteiger partial charge on any atom is -0.492 e. The molecule has 0 unspecified atom stereocenters. The Kier molecular flexibility index (Phi) is 8.27. The highest BCUT2D eigenvalue weighted by Crippen LogP contribution is 2.31. The molecule has 0 fully saturated rings. The third kappa shape index (κ3) is 6.98. The average Bonchev–Trinajstić information content (AvgIpc) is 2.79. The van der Waals surface area contributed by atoms with Gasteiger partial charge in [-0.3, -0.25) is 14.6 Å². The number of carbonyl (C=O) groups is 2. The zero-order valence-electron chi connectivity index (χ0n) is 16.6. The van der Waals surface area contributed by atoms with Crippen molar-refractivity contribution in [2.45, 2.75) is 19.4 Å².